The number of amides is 1. The molecule has 0 radical (unpaired) electrons. The number of benzene rings is 3. The summed E-state index contributed by atoms with van der Waals surface area (Å²) in [5.74, 6) is 1.36. The molecule has 5 aromatic rings. The first-order valence-corrected chi connectivity index (χ1v) is 14.3. The summed E-state index contributed by atoms with van der Waals surface area (Å²) in [7, 11) is 0. The number of hydrogen-bond donors (Lipinski definition) is 0. The van der Waals surface area contributed by atoms with Crippen molar-refractivity contribution in [3.8, 4) is 11.3 Å². The van der Waals surface area contributed by atoms with Crippen molar-refractivity contribution in [2.75, 3.05) is 42.5 Å². The van der Waals surface area contributed by atoms with Crippen molar-refractivity contribution in [3.05, 3.63) is 84.0 Å². The summed E-state index contributed by atoms with van der Waals surface area (Å²) in [5.41, 5.74) is 6.08. The molecule has 7 nitrogen and oxygen atoms in total. The van der Waals surface area contributed by atoms with E-state index in [2.05, 4.69) is 33.0 Å². The Morgan fingerprint density at radius 1 is 0.925 bits per heavy atom. The van der Waals surface area contributed by atoms with Crippen LogP contribution >= 0.6 is 0 Å². The number of piperazine rings is 1. The van der Waals surface area contributed by atoms with Crippen LogP contribution in [0, 0.1) is 6.92 Å². The van der Waals surface area contributed by atoms with Crippen LogP contribution in [-0.2, 0) is 6.42 Å². The molecule has 0 N–H and O–H groups in total. The first kappa shape index (κ1) is 23.6. The zero-order valence-electron chi connectivity index (χ0n) is 22.6. The van der Waals surface area contributed by atoms with Crippen molar-refractivity contribution in [2.24, 2.45) is 0 Å². The van der Waals surface area contributed by atoms with Gasteiger partial charge in [-0.2, -0.15) is 0 Å². The van der Waals surface area contributed by atoms with E-state index in [1.807, 2.05) is 54.4 Å². The van der Waals surface area contributed by atoms with Crippen LogP contribution < -0.4 is 9.80 Å². The molecule has 3 aliphatic rings. The number of aromatic nitrogens is 2. The summed E-state index contributed by atoms with van der Waals surface area (Å²) in [4.78, 5) is 30.3. The second-order valence-electron chi connectivity index (χ2n) is 11.3. The maximum atomic E-state index is 14.2. The third-order valence-electron chi connectivity index (χ3n) is 9.03. The fourth-order valence-electron chi connectivity index (χ4n) is 7.05. The highest BCUT2D eigenvalue weighted by molar-refractivity contribution is 6.17. The normalized spacial score (nSPS) is 19.0. The molecule has 5 heterocycles. The molecule has 8 rings (SSSR count). The van der Waals surface area contributed by atoms with E-state index >= 15 is 0 Å². The second-order valence-corrected chi connectivity index (χ2v) is 11.3. The molecular formula is C33H31N5O2. The molecule has 0 unspecified atom stereocenters. The van der Waals surface area contributed by atoms with Gasteiger partial charge in [-0.15, -0.1) is 0 Å². The van der Waals surface area contributed by atoms with Crippen LogP contribution in [0.5, 0.6) is 0 Å². The van der Waals surface area contributed by atoms with Gasteiger partial charge in [-0.3, -0.25) is 14.7 Å². The Morgan fingerprint density at radius 2 is 1.82 bits per heavy atom. The third kappa shape index (κ3) is 3.72. The van der Waals surface area contributed by atoms with Crippen molar-refractivity contribution < 1.29 is 9.21 Å². The number of hydrogen-bond acceptors (Lipinski definition) is 6. The van der Waals surface area contributed by atoms with Crippen molar-refractivity contribution in [2.45, 2.75) is 32.2 Å². The zero-order chi connectivity index (χ0) is 26.8. The maximum absolute atomic E-state index is 14.2. The van der Waals surface area contributed by atoms with E-state index in [1.165, 1.54) is 30.6 Å². The van der Waals surface area contributed by atoms with Crippen molar-refractivity contribution in [1.82, 2.24) is 14.9 Å². The predicted octanol–water partition coefficient (Wildman–Crippen LogP) is 5.84. The van der Waals surface area contributed by atoms with Gasteiger partial charge in [0.2, 0.25) is 0 Å². The van der Waals surface area contributed by atoms with Crippen LogP contribution in [-0.4, -0.2) is 59.5 Å². The fraction of sp³-hybridized carbons (Fsp3) is 0.303. The van der Waals surface area contributed by atoms with E-state index in [9.17, 15) is 4.79 Å². The average Bonchev–Trinajstić information content (AvgIpc) is 3.74. The molecule has 2 saturated heterocycles. The van der Waals surface area contributed by atoms with Crippen LogP contribution in [0.1, 0.15) is 34.7 Å². The van der Waals surface area contributed by atoms with E-state index in [4.69, 9.17) is 9.40 Å². The SMILES string of the molecule is Cc1ncc(-c2cccc3c(C(=O)N4CCc5cc6nccc(N7CCN8CCC[C@H]8C7)c6cc54)cccc23)o1. The van der Waals surface area contributed by atoms with Gasteiger partial charge in [0.1, 0.15) is 0 Å². The van der Waals surface area contributed by atoms with Gasteiger partial charge in [0.25, 0.3) is 5.91 Å². The summed E-state index contributed by atoms with van der Waals surface area (Å²) < 4.78 is 5.83. The molecule has 0 bridgehead atoms. The van der Waals surface area contributed by atoms with Gasteiger partial charge in [0.05, 0.1) is 11.7 Å². The fourth-order valence-corrected chi connectivity index (χ4v) is 7.05. The van der Waals surface area contributed by atoms with E-state index < -0.39 is 0 Å². The molecule has 3 aliphatic heterocycles. The Bertz CT molecular complexity index is 1790. The summed E-state index contributed by atoms with van der Waals surface area (Å²) in [6.07, 6.45) is 7.09. The van der Waals surface area contributed by atoms with Crippen LogP contribution in [0.3, 0.4) is 0 Å². The molecule has 7 heteroatoms. The van der Waals surface area contributed by atoms with E-state index in [0.717, 1.165) is 59.0 Å². The number of rotatable bonds is 3. The van der Waals surface area contributed by atoms with Crippen molar-refractivity contribution >= 4 is 39.0 Å². The lowest BCUT2D eigenvalue weighted by Crippen LogP contribution is -2.50. The number of aryl methyl sites for hydroxylation is 1. The number of carbonyl (C=O) groups is 1. The second kappa shape index (κ2) is 9.17. The summed E-state index contributed by atoms with van der Waals surface area (Å²) in [6, 6.07) is 19.2. The largest absolute Gasteiger partial charge is 0.441 e. The van der Waals surface area contributed by atoms with E-state index in [1.54, 1.807) is 6.20 Å². The highest BCUT2D eigenvalue weighted by Crippen LogP contribution is 2.39. The van der Waals surface area contributed by atoms with Gasteiger partial charge in [-0.25, -0.2) is 4.98 Å². The number of carbonyl (C=O) groups excluding carboxylic acids is 1. The molecular weight excluding hydrogens is 498 g/mol. The third-order valence-corrected chi connectivity index (χ3v) is 9.03. The molecule has 3 aromatic carbocycles. The van der Waals surface area contributed by atoms with E-state index in [-0.39, 0.29) is 5.91 Å². The number of fused-ring (bicyclic) bond motifs is 4. The first-order valence-electron chi connectivity index (χ1n) is 14.3. The molecule has 40 heavy (non-hydrogen) atoms. The molecule has 1 atom stereocenters. The van der Waals surface area contributed by atoms with Gasteiger partial charge in [0.15, 0.2) is 11.7 Å². The molecule has 2 aromatic heterocycles. The predicted molar refractivity (Wildman–Crippen MR) is 158 cm³/mol. The Morgan fingerprint density at radius 3 is 2.73 bits per heavy atom. The minimum atomic E-state index is 0.0274. The van der Waals surface area contributed by atoms with Gasteiger partial charge in [-0.05, 0) is 66.4 Å². The number of pyridine rings is 1. The lowest BCUT2D eigenvalue weighted by atomic mass is 9.98. The Kier molecular flexibility index (Phi) is 5.42. The summed E-state index contributed by atoms with van der Waals surface area (Å²) in [6.45, 7) is 6.93. The van der Waals surface area contributed by atoms with Crippen LogP contribution in [0.4, 0.5) is 11.4 Å². The smallest absolute Gasteiger partial charge is 0.258 e. The lowest BCUT2D eigenvalue weighted by Gasteiger charge is -2.39. The molecule has 200 valence electrons. The maximum Gasteiger partial charge on any atom is 0.258 e. The first-order chi connectivity index (χ1) is 19.6. The van der Waals surface area contributed by atoms with Gasteiger partial charge >= 0.3 is 0 Å². The molecule has 1 amide bonds. The van der Waals surface area contributed by atoms with Crippen LogP contribution in [0.2, 0.25) is 0 Å². The van der Waals surface area contributed by atoms with Crippen LogP contribution in [0.25, 0.3) is 33.0 Å². The van der Waals surface area contributed by atoms with Crippen molar-refractivity contribution in [3.63, 3.8) is 0 Å². The monoisotopic (exact) mass is 529 g/mol. The topological polar surface area (TPSA) is 65.7 Å². The molecule has 2 fully saturated rings. The van der Waals surface area contributed by atoms with Crippen LogP contribution in [0.15, 0.2) is 71.4 Å². The highest BCUT2D eigenvalue weighted by atomic mass is 16.4. The van der Waals surface area contributed by atoms with Gasteiger partial charge in [-0.1, -0.05) is 30.3 Å². The number of oxazole rings is 1. The minimum absolute atomic E-state index is 0.0274. The quantitative estimate of drug-likeness (QED) is 0.293. The summed E-state index contributed by atoms with van der Waals surface area (Å²) >= 11 is 0. The Balaban J connectivity index is 1.18. The Hall–Kier alpha value is -4.23. The average molecular weight is 530 g/mol. The molecule has 0 aliphatic carbocycles. The van der Waals surface area contributed by atoms with Crippen molar-refractivity contribution in [1.29, 1.82) is 0 Å². The zero-order valence-corrected chi connectivity index (χ0v) is 22.6. The number of nitrogens with zero attached hydrogens (tertiary/aromatic N) is 5. The lowest BCUT2D eigenvalue weighted by molar-refractivity contribution is 0.0991. The summed E-state index contributed by atoms with van der Waals surface area (Å²) in [5, 5.41) is 3.04. The standard InChI is InChI=1S/C33H31N5O2/c1-21-35-19-32(40-21)26-8-2-7-25-24(26)6-3-9-27(25)33(39)38-14-11-22-17-29-28(18-31(22)38)30(10-12-34-29)37-16-15-36-13-4-5-23(36)20-37/h2-3,6-10,12,17-19,23H,4-5,11,13-16,20H2,1H3/t23-/m0/s1. The Labute approximate surface area is 233 Å². The molecule has 0 saturated carbocycles. The van der Waals surface area contributed by atoms with E-state index in [0.29, 0.717) is 29.8 Å². The minimum Gasteiger partial charge on any atom is -0.441 e. The highest BCUT2D eigenvalue weighted by Gasteiger charge is 2.32. The van der Waals surface area contributed by atoms with Gasteiger partial charge < -0.3 is 14.2 Å². The van der Waals surface area contributed by atoms with Gasteiger partial charge in [0, 0.05) is 73.2 Å². The molecule has 0 spiro atoms. The number of anilines is 2.